The van der Waals surface area contributed by atoms with Gasteiger partial charge in [-0.1, -0.05) is 18.0 Å². The Morgan fingerprint density at radius 1 is 1.24 bits per heavy atom. The van der Waals surface area contributed by atoms with Gasteiger partial charge in [0.2, 0.25) is 0 Å². The number of aryl methyl sites for hydroxylation is 1. The standard InChI is InChI=1S/C20H25ClFN3O2S2/c21-16-9-18(29(26,27)12-19-24-5-7-28-19)17(22)8-13(16)4-2-1-3-6-25-10-14-15(11-25)20(14)23/h5,7-9,14-15,20H,1-4,6,10-12,23H2. The molecule has 0 radical (unpaired) electrons. The van der Waals surface area contributed by atoms with Gasteiger partial charge in [0.15, 0.2) is 9.84 Å². The number of benzene rings is 1. The van der Waals surface area contributed by atoms with Crippen molar-refractivity contribution in [3.8, 4) is 0 Å². The molecule has 158 valence electrons. The summed E-state index contributed by atoms with van der Waals surface area (Å²) in [6.07, 6.45) is 5.18. The summed E-state index contributed by atoms with van der Waals surface area (Å²) in [5, 5.41) is 2.43. The first-order valence-corrected chi connectivity index (χ1v) is 12.8. The Balaban J connectivity index is 1.28. The molecule has 0 amide bonds. The average Bonchev–Trinajstić information content (AvgIpc) is 3.08. The third kappa shape index (κ3) is 4.82. The lowest BCUT2D eigenvalue weighted by atomic mass is 10.1. The molecule has 2 fully saturated rings. The predicted octanol–water partition coefficient (Wildman–Crippen LogP) is 3.51. The van der Waals surface area contributed by atoms with Gasteiger partial charge in [0.05, 0.1) is 0 Å². The second-order valence-electron chi connectivity index (χ2n) is 8.03. The van der Waals surface area contributed by atoms with Crippen LogP contribution in [0.4, 0.5) is 4.39 Å². The molecule has 29 heavy (non-hydrogen) atoms. The Morgan fingerprint density at radius 2 is 2.00 bits per heavy atom. The van der Waals surface area contributed by atoms with Crippen molar-refractivity contribution in [3.05, 3.63) is 45.1 Å². The smallest absolute Gasteiger partial charge is 0.187 e. The maximum absolute atomic E-state index is 14.5. The van der Waals surface area contributed by atoms with Crippen LogP contribution in [0.3, 0.4) is 0 Å². The van der Waals surface area contributed by atoms with Crippen molar-refractivity contribution in [2.45, 2.75) is 42.4 Å². The number of nitrogens with zero attached hydrogens (tertiary/aromatic N) is 2. The zero-order chi connectivity index (χ0) is 20.6. The van der Waals surface area contributed by atoms with Gasteiger partial charge in [0, 0.05) is 35.7 Å². The van der Waals surface area contributed by atoms with Crippen molar-refractivity contribution >= 4 is 32.8 Å². The highest BCUT2D eigenvalue weighted by Gasteiger charge is 2.53. The lowest BCUT2D eigenvalue weighted by molar-refractivity contribution is 0.290. The number of sulfone groups is 1. The van der Waals surface area contributed by atoms with Crippen LogP contribution in [0.5, 0.6) is 0 Å². The first kappa shape index (κ1) is 21.2. The zero-order valence-electron chi connectivity index (χ0n) is 16.1. The normalized spacial score (nSPS) is 24.0. The minimum Gasteiger partial charge on any atom is -0.327 e. The van der Waals surface area contributed by atoms with E-state index in [0.717, 1.165) is 38.9 Å². The molecule has 2 aromatic rings. The summed E-state index contributed by atoms with van der Waals surface area (Å²) in [4.78, 5) is 6.09. The van der Waals surface area contributed by atoms with Crippen LogP contribution in [-0.4, -0.2) is 44.0 Å². The Labute approximate surface area is 180 Å². The number of fused-ring (bicyclic) bond motifs is 1. The van der Waals surface area contributed by atoms with Crippen LogP contribution >= 0.6 is 22.9 Å². The van der Waals surface area contributed by atoms with Gasteiger partial charge in [-0.05, 0) is 55.3 Å². The van der Waals surface area contributed by atoms with E-state index >= 15 is 0 Å². The number of halogens is 2. The van der Waals surface area contributed by atoms with Crippen molar-refractivity contribution in [2.24, 2.45) is 17.6 Å². The fraction of sp³-hybridized carbons (Fsp3) is 0.550. The van der Waals surface area contributed by atoms with E-state index in [2.05, 4.69) is 9.88 Å². The van der Waals surface area contributed by atoms with Crippen LogP contribution in [0.15, 0.2) is 28.6 Å². The third-order valence-electron chi connectivity index (χ3n) is 5.99. The fourth-order valence-electron chi connectivity index (χ4n) is 4.23. The van der Waals surface area contributed by atoms with E-state index in [4.69, 9.17) is 17.3 Å². The molecule has 4 rings (SSSR count). The van der Waals surface area contributed by atoms with E-state index in [0.29, 0.717) is 39.9 Å². The Hall–Kier alpha value is -1.06. The second kappa shape index (κ2) is 8.59. The lowest BCUT2D eigenvalue weighted by Crippen LogP contribution is -2.29. The number of thiazole rings is 1. The van der Waals surface area contributed by atoms with E-state index < -0.39 is 15.7 Å². The van der Waals surface area contributed by atoms with Gasteiger partial charge in [-0.25, -0.2) is 17.8 Å². The van der Waals surface area contributed by atoms with Gasteiger partial charge >= 0.3 is 0 Å². The monoisotopic (exact) mass is 457 g/mol. The SMILES string of the molecule is NC1C2CN(CCCCCc3cc(F)c(S(=O)(=O)Cc4nccs4)cc3Cl)CC12. The van der Waals surface area contributed by atoms with Crippen molar-refractivity contribution < 1.29 is 12.8 Å². The third-order valence-corrected chi connectivity index (χ3v) is 8.94. The fourth-order valence-corrected chi connectivity index (χ4v) is 6.90. The second-order valence-corrected chi connectivity index (χ2v) is 11.4. The molecule has 1 aliphatic heterocycles. The quantitative estimate of drug-likeness (QED) is 0.583. The molecule has 2 N–H and O–H groups in total. The number of rotatable bonds is 9. The van der Waals surface area contributed by atoms with E-state index in [9.17, 15) is 12.8 Å². The van der Waals surface area contributed by atoms with Crippen molar-refractivity contribution in [3.63, 3.8) is 0 Å². The van der Waals surface area contributed by atoms with Crippen LogP contribution in [0.2, 0.25) is 5.02 Å². The minimum absolute atomic E-state index is 0.303. The van der Waals surface area contributed by atoms with Crippen LogP contribution < -0.4 is 5.73 Å². The predicted molar refractivity (Wildman–Crippen MR) is 113 cm³/mol. The average molecular weight is 458 g/mol. The first-order valence-electron chi connectivity index (χ1n) is 9.92. The molecular formula is C20H25ClFN3O2S2. The highest BCUT2D eigenvalue weighted by atomic mass is 35.5. The molecule has 1 aliphatic carbocycles. The molecule has 1 aromatic heterocycles. The van der Waals surface area contributed by atoms with Crippen LogP contribution in [0, 0.1) is 17.7 Å². The summed E-state index contributed by atoms with van der Waals surface area (Å²) in [5.41, 5.74) is 6.62. The maximum atomic E-state index is 14.5. The summed E-state index contributed by atoms with van der Waals surface area (Å²) >= 11 is 7.51. The van der Waals surface area contributed by atoms with Crippen LogP contribution in [0.1, 0.15) is 29.8 Å². The molecule has 1 saturated carbocycles. The molecule has 1 saturated heterocycles. The Bertz CT molecular complexity index is 956. The summed E-state index contributed by atoms with van der Waals surface area (Å²) in [5.74, 6) is 0.360. The summed E-state index contributed by atoms with van der Waals surface area (Å²) in [6.45, 7) is 3.33. The molecule has 1 aromatic carbocycles. The highest BCUT2D eigenvalue weighted by molar-refractivity contribution is 7.90. The molecular weight excluding hydrogens is 433 g/mol. The topological polar surface area (TPSA) is 76.3 Å². The van der Waals surface area contributed by atoms with Crippen LogP contribution in [-0.2, 0) is 22.0 Å². The van der Waals surface area contributed by atoms with Crippen molar-refractivity contribution in [1.29, 1.82) is 0 Å². The van der Waals surface area contributed by atoms with E-state index in [1.54, 1.807) is 5.38 Å². The summed E-state index contributed by atoms with van der Waals surface area (Å²) in [6, 6.07) is 2.94. The van der Waals surface area contributed by atoms with Crippen LogP contribution in [0.25, 0.3) is 0 Å². The van der Waals surface area contributed by atoms with Gasteiger partial charge in [-0.3, -0.25) is 0 Å². The van der Waals surface area contributed by atoms with E-state index in [1.165, 1.54) is 29.7 Å². The number of likely N-dealkylation sites (tertiary alicyclic amines) is 1. The number of piperidine rings is 1. The first-order chi connectivity index (χ1) is 13.8. The van der Waals surface area contributed by atoms with E-state index in [-0.39, 0.29) is 10.6 Å². The highest BCUT2D eigenvalue weighted by Crippen LogP contribution is 2.43. The van der Waals surface area contributed by atoms with Gasteiger partial charge in [0.25, 0.3) is 0 Å². The van der Waals surface area contributed by atoms with Crippen molar-refractivity contribution in [1.82, 2.24) is 9.88 Å². The summed E-state index contributed by atoms with van der Waals surface area (Å²) in [7, 11) is -3.82. The van der Waals surface area contributed by atoms with Crippen molar-refractivity contribution in [2.75, 3.05) is 19.6 Å². The lowest BCUT2D eigenvalue weighted by Gasteiger charge is -2.18. The van der Waals surface area contributed by atoms with Gasteiger partial charge < -0.3 is 10.6 Å². The van der Waals surface area contributed by atoms with Gasteiger partial charge in [-0.15, -0.1) is 11.3 Å². The molecule has 2 heterocycles. The van der Waals surface area contributed by atoms with Gasteiger partial charge in [-0.2, -0.15) is 0 Å². The van der Waals surface area contributed by atoms with Gasteiger partial charge in [0.1, 0.15) is 21.5 Å². The van der Waals surface area contributed by atoms with E-state index in [1.807, 2.05) is 0 Å². The number of nitrogens with two attached hydrogens (primary N) is 1. The molecule has 9 heteroatoms. The molecule has 0 bridgehead atoms. The number of aromatic nitrogens is 1. The molecule has 0 spiro atoms. The molecule has 2 unspecified atom stereocenters. The largest absolute Gasteiger partial charge is 0.327 e. The molecule has 2 atom stereocenters. The number of hydrogen-bond donors (Lipinski definition) is 1. The maximum Gasteiger partial charge on any atom is 0.187 e. The number of hydrogen-bond acceptors (Lipinski definition) is 6. The zero-order valence-corrected chi connectivity index (χ0v) is 18.4. The Kier molecular flexibility index (Phi) is 6.27. The Morgan fingerprint density at radius 3 is 2.69 bits per heavy atom. The minimum atomic E-state index is -3.82. The summed E-state index contributed by atoms with van der Waals surface area (Å²) < 4.78 is 39.6. The molecule has 2 aliphatic rings. The molecule has 5 nitrogen and oxygen atoms in total. The number of unbranched alkanes of at least 4 members (excludes halogenated alkanes) is 2.